The molecule has 10 nitrogen and oxygen atoms in total. The number of hydrogen-bond donors (Lipinski definition) is 1. The molecular weight excluding hydrogens is 448 g/mol. The zero-order chi connectivity index (χ0) is 22.3. The monoisotopic (exact) mass is 454 g/mol. The van der Waals surface area contributed by atoms with Crippen molar-refractivity contribution in [3.63, 3.8) is 0 Å². The molecule has 0 bridgehead atoms. The Bertz CT molecular complexity index is 1060. The summed E-state index contributed by atoms with van der Waals surface area (Å²) < 4.78 is 40.4. The Hall–Kier alpha value is -3.19. The number of anilines is 2. The van der Waals surface area contributed by atoms with Crippen LogP contribution < -0.4 is 5.32 Å². The van der Waals surface area contributed by atoms with Gasteiger partial charge >= 0.3 is 6.18 Å². The normalized spacial score (nSPS) is 11.2. The average molecular weight is 455 g/mol. The standard InChI is InChI=1S/C14H7Cl2F3N4O6/c1-5-8(15)4-10(23(28)29)13(11(5)16)20-12-7(14(17,18)19)2-6(21(24)25)3-9(12)22(26)27/h2-4,20H,1H3. The van der Waals surface area contributed by atoms with Crippen LogP contribution in [0.25, 0.3) is 0 Å². The molecule has 0 heterocycles. The number of non-ortho nitro benzene ring substituents is 1. The minimum absolute atomic E-state index is 0.0551. The van der Waals surface area contributed by atoms with Gasteiger partial charge in [0.1, 0.15) is 11.4 Å². The number of halogens is 5. The fourth-order valence-electron chi connectivity index (χ4n) is 2.31. The van der Waals surface area contributed by atoms with Crippen LogP contribution in [-0.2, 0) is 6.18 Å². The van der Waals surface area contributed by atoms with Gasteiger partial charge in [-0.25, -0.2) is 0 Å². The van der Waals surface area contributed by atoms with E-state index in [1.54, 1.807) is 0 Å². The molecule has 2 aromatic carbocycles. The maximum absolute atomic E-state index is 13.5. The van der Waals surface area contributed by atoms with E-state index in [0.717, 1.165) is 6.07 Å². The van der Waals surface area contributed by atoms with Crippen molar-refractivity contribution in [2.24, 2.45) is 0 Å². The summed E-state index contributed by atoms with van der Waals surface area (Å²) in [5, 5.41) is 34.8. The Labute approximate surface area is 168 Å². The summed E-state index contributed by atoms with van der Waals surface area (Å²) in [4.78, 5) is 29.9. The van der Waals surface area contributed by atoms with Crippen molar-refractivity contribution in [3.8, 4) is 0 Å². The lowest BCUT2D eigenvalue weighted by Crippen LogP contribution is -2.12. The number of nitro benzene ring substituents is 3. The number of rotatable bonds is 5. The second-order valence-electron chi connectivity index (χ2n) is 5.47. The molecule has 0 aromatic heterocycles. The maximum atomic E-state index is 13.5. The third-order valence-electron chi connectivity index (χ3n) is 3.69. The summed E-state index contributed by atoms with van der Waals surface area (Å²) in [7, 11) is 0. The van der Waals surface area contributed by atoms with Crippen molar-refractivity contribution >= 4 is 51.6 Å². The number of alkyl halides is 3. The number of nitro groups is 3. The van der Waals surface area contributed by atoms with Crippen LogP contribution in [0.3, 0.4) is 0 Å². The van der Waals surface area contributed by atoms with Gasteiger partial charge in [-0.15, -0.1) is 0 Å². The SMILES string of the molecule is Cc1c(Cl)cc([N+](=O)[O-])c(Nc2c([N+](=O)[O-])cc([N+](=O)[O-])cc2C(F)(F)F)c1Cl. The van der Waals surface area contributed by atoms with E-state index < -0.39 is 60.0 Å². The van der Waals surface area contributed by atoms with E-state index >= 15 is 0 Å². The van der Waals surface area contributed by atoms with Crippen LogP contribution in [0.2, 0.25) is 10.0 Å². The van der Waals surface area contributed by atoms with Crippen LogP contribution in [0.5, 0.6) is 0 Å². The first-order valence-corrected chi connectivity index (χ1v) is 7.95. The van der Waals surface area contributed by atoms with Crippen molar-refractivity contribution in [2.75, 3.05) is 5.32 Å². The molecule has 0 aliphatic heterocycles. The van der Waals surface area contributed by atoms with Crippen LogP contribution in [0.1, 0.15) is 11.1 Å². The molecule has 29 heavy (non-hydrogen) atoms. The molecule has 2 aromatic rings. The Morgan fingerprint density at radius 2 is 1.41 bits per heavy atom. The smallest absolute Gasteiger partial charge is 0.343 e. The van der Waals surface area contributed by atoms with Gasteiger partial charge < -0.3 is 5.32 Å². The minimum atomic E-state index is -5.28. The molecule has 0 aliphatic carbocycles. The molecule has 0 spiro atoms. The molecule has 0 atom stereocenters. The number of hydrogen-bond acceptors (Lipinski definition) is 7. The van der Waals surface area contributed by atoms with E-state index in [-0.39, 0.29) is 16.7 Å². The van der Waals surface area contributed by atoms with E-state index in [9.17, 15) is 43.5 Å². The fourth-order valence-corrected chi connectivity index (χ4v) is 2.80. The highest BCUT2D eigenvalue weighted by Crippen LogP contribution is 2.47. The van der Waals surface area contributed by atoms with E-state index in [0.29, 0.717) is 6.07 Å². The van der Waals surface area contributed by atoms with Crippen molar-refractivity contribution in [2.45, 2.75) is 13.1 Å². The largest absolute Gasteiger partial charge is 0.418 e. The van der Waals surface area contributed by atoms with Gasteiger partial charge in [-0.1, -0.05) is 23.2 Å². The molecule has 154 valence electrons. The third kappa shape index (κ3) is 4.30. The summed E-state index contributed by atoms with van der Waals surface area (Å²) in [6, 6.07) is 1.16. The molecule has 0 saturated heterocycles. The molecule has 0 unspecified atom stereocenters. The van der Waals surface area contributed by atoms with Crippen LogP contribution >= 0.6 is 23.2 Å². The average Bonchev–Trinajstić information content (AvgIpc) is 2.60. The second-order valence-corrected chi connectivity index (χ2v) is 6.26. The van der Waals surface area contributed by atoms with Crippen molar-refractivity contribution in [1.29, 1.82) is 0 Å². The van der Waals surface area contributed by atoms with Gasteiger partial charge in [-0.2, -0.15) is 13.2 Å². The molecule has 2 rings (SSSR count). The lowest BCUT2D eigenvalue weighted by atomic mass is 10.1. The molecule has 0 fully saturated rings. The quantitative estimate of drug-likeness (QED) is 0.444. The van der Waals surface area contributed by atoms with E-state index in [1.165, 1.54) is 6.92 Å². The Balaban J connectivity index is 2.89. The van der Waals surface area contributed by atoms with Gasteiger partial charge in [-0.05, 0) is 12.5 Å². The van der Waals surface area contributed by atoms with Gasteiger partial charge in [0.25, 0.3) is 17.1 Å². The highest BCUT2D eigenvalue weighted by Gasteiger charge is 2.40. The maximum Gasteiger partial charge on any atom is 0.418 e. The molecule has 0 saturated carbocycles. The van der Waals surface area contributed by atoms with Crippen LogP contribution in [0, 0.1) is 37.3 Å². The number of nitrogens with one attached hydrogen (secondary N) is 1. The lowest BCUT2D eigenvalue weighted by molar-refractivity contribution is -0.394. The summed E-state index contributed by atoms with van der Waals surface area (Å²) in [6.07, 6.45) is -5.28. The zero-order valence-electron chi connectivity index (χ0n) is 13.9. The van der Waals surface area contributed by atoms with Crippen LogP contribution in [0.15, 0.2) is 18.2 Å². The summed E-state index contributed by atoms with van der Waals surface area (Å²) in [5.41, 5.74) is -7.05. The summed E-state index contributed by atoms with van der Waals surface area (Å²) in [6.45, 7) is 1.31. The highest BCUT2D eigenvalue weighted by molar-refractivity contribution is 6.38. The molecule has 1 N–H and O–H groups in total. The summed E-state index contributed by atoms with van der Waals surface area (Å²) in [5.74, 6) is 0. The first-order chi connectivity index (χ1) is 13.3. The van der Waals surface area contributed by atoms with Gasteiger partial charge in [0, 0.05) is 12.1 Å². The topological polar surface area (TPSA) is 141 Å². The fraction of sp³-hybridized carbons (Fsp3) is 0.143. The molecule has 0 radical (unpaired) electrons. The number of nitrogens with zero attached hydrogens (tertiary/aromatic N) is 3. The molecule has 0 aliphatic rings. The van der Waals surface area contributed by atoms with Gasteiger partial charge in [-0.3, -0.25) is 30.3 Å². The van der Waals surface area contributed by atoms with Gasteiger partial charge in [0.15, 0.2) is 0 Å². The summed E-state index contributed by atoms with van der Waals surface area (Å²) >= 11 is 11.8. The van der Waals surface area contributed by atoms with Crippen LogP contribution in [-0.4, -0.2) is 14.8 Å². The lowest BCUT2D eigenvalue weighted by Gasteiger charge is -2.16. The zero-order valence-corrected chi connectivity index (χ0v) is 15.4. The third-order valence-corrected chi connectivity index (χ3v) is 4.55. The Morgan fingerprint density at radius 3 is 1.86 bits per heavy atom. The Morgan fingerprint density at radius 1 is 0.897 bits per heavy atom. The van der Waals surface area contributed by atoms with Gasteiger partial charge in [0.2, 0.25) is 0 Å². The first kappa shape index (κ1) is 22.1. The predicted octanol–water partition coefficient (Wildman–Crippen LogP) is 5.79. The molecule has 15 heteroatoms. The van der Waals surface area contributed by atoms with Crippen molar-refractivity contribution in [3.05, 3.63) is 69.7 Å². The highest BCUT2D eigenvalue weighted by atomic mass is 35.5. The molecular formula is C14H7Cl2F3N4O6. The van der Waals surface area contributed by atoms with Crippen LogP contribution in [0.4, 0.5) is 41.6 Å². The second kappa shape index (κ2) is 7.67. The Kier molecular flexibility index (Phi) is 5.85. The number of benzene rings is 2. The van der Waals surface area contributed by atoms with Gasteiger partial charge in [0.05, 0.1) is 36.4 Å². The predicted molar refractivity (Wildman–Crippen MR) is 95.9 cm³/mol. The van der Waals surface area contributed by atoms with Crippen molar-refractivity contribution in [1.82, 2.24) is 0 Å². The van der Waals surface area contributed by atoms with E-state index in [1.807, 2.05) is 5.32 Å². The van der Waals surface area contributed by atoms with E-state index in [4.69, 9.17) is 23.2 Å². The molecule has 0 amide bonds. The first-order valence-electron chi connectivity index (χ1n) is 7.19. The van der Waals surface area contributed by atoms with E-state index in [2.05, 4.69) is 0 Å². The van der Waals surface area contributed by atoms with Crippen molar-refractivity contribution < 1.29 is 27.9 Å². The minimum Gasteiger partial charge on any atom is -0.343 e.